The molecule has 0 radical (unpaired) electrons. The summed E-state index contributed by atoms with van der Waals surface area (Å²) in [6.45, 7) is 0. The summed E-state index contributed by atoms with van der Waals surface area (Å²) >= 11 is 0. The van der Waals surface area contributed by atoms with Crippen LogP contribution in [-0.2, 0) is 14.3 Å². The predicted molar refractivity (Wildman–Crippen MR) is 64.3 cm³/mol. The molecule has 7 nitrogen and oxygen atoms in total. The number of carbonyl (C=O) groups is 3. The van der Waals surface area contributed by atoms with Crippen LogP contribution in [0.15, 0.2) is 18.3 Å². The van der Waals surface area contributed by atoms with Gasteiger partial charge in [-0.1, -0.05) is 0 Å². The number of rotatable bonds is 6. The minimum absolute atomic E-state index is 0.115. The minimum atomic E-state index is -1.29. The largest absolute Gasteiger partial charge is 0.480 e. The Morgan fingerprint density at radius 3 is 2.65 bits per heavy atom. The monoisotopic (exact) mass is 284 g/mol. The lowest BCUT2D eigenvalue weighted by molar-refractivity contribution is -0.142. The summed E-state index contributed by atoms with van der Waals surface area (Å²) in [4.78, 5) is 37.2. The first-order valence-corrected chi connectivity index (χ1v) is 5.66. The van der Waals surface area contributed by atoms with E-state index in [0.29, 0.717) is 0 Å². The van der Waals surface area contributed by atoms with Gasteiger partial charge >= 0.3 is 11.9 Å². The molecule has 20 heavy (non-hydrogen) atoms. The van der Waals surface area contributed by atoms with Crippen molar-refractivity contribution < 1.29 is 28.6 Å². The highest BCUT2D eigenvalue weighted by molar-refractivity contribution is 5.94. The van der Waals surface area contributed by atoms with Crippen LogP contribution in [0.5, 0.6) is 0 Å². The average molecular weight is 284 g/mol. The van der Waals surface area contributed by atoms with E-state index in [1.165, 1.54) is 7.11 Å². The summed E-state index contributed by atoms with van der Waals surface area (Å²) in [6, 6.07) is 0.907. The Morgan fingerprint density at radius 2 is 2.15 bits per heavy atom. The van der Waals surface area contributed by atoms with E-state index >= 15 is 0 Å². The molecule has 108 valence electrons. The number of esters is 1. The van der Waals surface area contributed by atoms with E-state index in [2.05, 4.69) is 15.0 Å². The van der Waals surface area contributed by atoms with E-state index in [0.717, 1.165) is 18.3 Å². The van der Waals surface area contributed by atoms with E-state index in [4.69, 9.17) is 5.11 Å². The molecular formula is C12H13FN2O5. The Bertz CT molecular complexity index is 503. The molecule has 1 rings (SSSR count). The number of halogens is 1. The first kappa shape index (κ1) is 15.5. The molecule has 2 N–H and O–H groups in total. The van der Waals surface area contributed by atoms with Gasteiger partial charge < -0.3 is 15.2 Å². The van der Waals surface area contributed by atoms with Crippen molar-refractivity contribution in [3.05, 3.63) is 29.8 Å². The fraction of sp³-hybridized carbons (Fsp3) is 0.333. The van der Waals surface area contributed by atoms with Crippen molar-refractivity contribution in [2.45, 2.75) is 18.9 Å². The van der Waals surface area contributed by atoms with Gasteiger partial charge in [0.2, 0.25) is 0 Å². The number of carboxylic acids is 1. The zero-order valence-electron chi connectivity index (χ0n) is 10.6. The van der Waals surface area contributed by atoms with Crippen LogP contribution in [0.1, 0.15) is 23.3 Å². The second-order valence-corrected chi connectivity index (χ2v) is 3.84. The van der Waals surface area contributed by atoms with Crippen LogP contribution >= 0.6 is 0 Å². The average Bonchev–Trinajstić information content (AvgIpc) is 2.43. The summed E-state index contributed by atoms with van der Waals surface area (Å²) in [5.74, 6) is -3.24. The van der Waals surface area contributed by atoms with Crippen LogP contribution in [0, 0.1) is 5.82 Å². The van der Waals surface area contributed by atoms with Gasteiger partial charge in [0.05, 0.1) is 13.3 Å². The number of hydrogen-bond donors (Lipinski definition) is 2. The lowest BCUT2D eigenvalue weighted by atomic mass is 10.1. The summed E-state index contributed by atoms with van der Waals surface area (Å²) in [6.07, 6.45) is 0.582. The molecule has 0 aliphatic rings. The fourth-order valence-corrected chi connectivity index (χ4v) is 1.36. The molecule has 0 spiro atoms. The maximum Gasteiger partial charge on any atom is 0.326 e. The molecular weight excluding hydrogens is 271 g/mol. The SMILES string of the molecule is COC(=O)CC[C@@H](NC(=O)c1ccc(F)cn1)C(=O)O. The molecule has 1 heterocycles. The van der Waals surface area contributed by atoms with Crippen molar-refractivity contribution in [2.24, 2.45) is 0 Å². The molecule has 0 aliphatic heterocycles. The highest BCUT2D eigenvalue weighted by Crippen LogP contribution is 2.03. The lowest BCUT2D eigenvalue weighted by Gasteiger charge is -2.13. The number of aliphatic carboxylic acids is 1. The van der Waals surface area contributed by atoms with E-state index in [9.17, 15) is 18.8 Å². The zero-order valence-corrected chi connectivity index (χ0v) is 10.6. The summed E-state index contributed by atoms with van der Waals surface area (Å²) in [5, 5.41) is 11.2. The number of methoxy groups -OCH3 is 1. The molecule has 0 aliphatic carbocycles. The molecule has 1 atom stereocenters. The second kappa shape index (κ2) is 7.17. The van der Waals surface area contributed by atoms with Crippen LogP contribution in [-0.4, -0.2) is 41.1 Å². The Morgan fingerprint density at radius 1 is 1.45 bits per heavy atom. The normalized spacial score (nSPS) is 11.5. The summed E-state index contributed by atoms with van der Waals surface area (Å²) < 4.78 is 17.0. The molecule has 8 heteroatoms. The number of nitrogens with one attached hydrogen (secondary N) is 1. The van der Waals surface area contributed by atoms with Gasteiger partial charge in [-0.3, -0.25) is 9.59 Å². The van der Waals surface area contributed by atoms with Crippen molar-refractivity contribution in [3.8, 4) is 0 Å². The fourth-order valence-electron chi connectivity index (χ4n) is 1.36. The van der Waals surface area contributed by atoms with Gasteiger partial charge in [0.15, 0.2) is 0 Å². The van der Waals surface area contributed by atoms with E-state index in [-0.39, 0.29) is 18.5 Å². The van der Waals surface area contributed by atoms with Gasteiger partial charge in [0.25, 0.3) is 5.91 Å². The van der Waals surface area contributed by atoms with Crippen LogP contribution < -0.4 is 5.32 Å². The van der Waals surface area contributed by atoms with Crippen LogP contribution in [0.4, 0.5) is 4.39 Å². The highest BCUT2D eigenvalue weighted by atomic mass is 19.1. The van der Waals surface area contributed by atoms with Gasteiger partial charge in [0.1, 0.15) is 17.6 Å². The quantitative estimate of drug-likeness (QED) is 0.730. The molecule has 0 saturated heterocycles. The second-order valence-electron chi connectivity index (χ2n) is 3.84. The van der Waals surface area contributed by atoms with Gasteiger partial charge in [-0.2, -0.15) is 0 Å². The number of pyridine rings is 1. The topological polar surface area (TPSA) is 106 Å². The van der Waals surface area contributed by atoms with Crippen LogP contribution in [0.3, 0.4) is 0 Å². The minimum Gasteiger partial charge on any atom is -0.480 e. The summed E-state index contributed by atoms with van der Waals surface area (Å²) in [7, 11) is 1.18. The molecule has 0 aromatic carbocycles. The maximum atomic E-state index is 12.6. The van der Waals surface area contributed by atoms with Crippen molar-refractivity contribution in [3.63, 3.8) is 0 Å². The Hall–Kier alpha value is -2.51. The van der Waals surface area contributed by atoms with Crippen LogP contribution in [0.25, 0.3) is 0 Å². The molecule has 1 aromatic rings. The van der Waals surface area contributed by atoms with Crippen molar-refractivity contribution in [1.82, 2.24) is 10.3 Å². The maximum absolute atomic E-state index is 12.6. The first-order valence-electron chi connectivity index (χ1n) is 5.66. The van der Waals surface area contributed by atoms with Gasteiger partial charge in [-0.05, 0) is 18.6 Å². The van der Waals surface area contributed by atoms with E-state index in [1.54, 1.807) is 0 Å². The Labute approximate surface area is 113 Å². The number of amides is 1. The van der Waals surface area contributed by atoms with E-state index in [1.807, 2.05) is 0 Å². The molecule has 1 amide bonds. The van der Waals surface area contributed by atoms with E-state index < -0.39 is 29.7 Å². The number of ether oxygens (including phenoxy) is 1. The lowest BCUT2D eigenvalue weighted by Crippen LogP contribution is -2.41. The van der Waals surface area contributed by atoms with Gasteiger partial charge in [0, 0.05) is 6.42 Å². The van der Waals surface area contributed by atoms with Crippen molar-refractivity contribution >= 4 is 17.8 Å². The third-order valence-corrected chi connectivity index (χ3v) is 2.43. The number of aromatic nitrogens is 1. The molecule has 0 fully saturated rings. The van der Waals surface area contributed by atoms with Crippen LogP contribution in [0.2, 0.25) is 0 Å². The number of carboxylic acid groups (broad SMARTS) is 1. The Kier molecular flexibility index (Phi) is 5.57. The predicted octanol–water partition coefficient (Wildman–Crippen LogP) is 0.357. The first-order chi connectivity index (χ1) is 9.43. The number of nitrogens with zero attached hydrogens (tertiary/aromatic N) is 1. The Balaban J connectivity index is 2.65. The standard InChI is InChI=1S/C12H13FN2O5/c1-20-10(16)5-4-9(12(18)19)15-11(17)8-3-2-7(13)6-14-8/h2-3,6,9H,4-5H2,1H3,(H,15,17)(H,18,19)/t9-/m1/s1. The summed E-state index contributed by atoms with van der Waals surface area (Å²) in [5.41, 5.74) is -0.115. The molecule has 0 unspecified atom stereocenters. The highest BCUT2D eigenvalue weighted by Gasteiger charge is 2.22. The molecule has 0 saturated carbocycles. The number of carbonyl (C=O) groups excluding carboxylic acids is 2. The third-order valence-electron chi connectivity index (χ3n) is 2.43. The van der Waals surface area contributed by atoms with Gasteiger partial charge in [-0.15, -0.1) is 0 Å². The van der Waals surface area contributed by atoms with Crippen molar-refractivity contribution in [1.29, 1.82) is 0 Å². The smallest absolute Gasteiger partial charge is 0.326 e. The molecule has 1 aromatic heterocycles. The van der Waals surface area contributed by atoms with Gasteiger partial charge in [-0.25, -0.2) is 14.2 Å². The zero-order chi connectivity index (χ0) is 15.1. The van der Waals surface area contributed by atoms with Crippen molar-refractivity contribution in [2.75, 3.05) is 7.11 Å². The molecule has 0 bridgehead atoms. The third kappa shape index (κ3) is 4.63. The number of hydrogen-bond acceptors (Lipinski definition) is 5.